The summed E-state index contributed by atoms with van der Waals surface area (Å²) in [6.45, 7) is 0.157. The number of nitrogens with two attached hydrogens (primary N) is 2. The minimum absolute atomic E-state index is 0.0855. The Labute approximate surface area is 210 Å². The molecular weight excluding hydrogens is 462 g/mol. The van der Waals surface area contributed by atoms with Gasteiger partial charge in [0.05, 0.1) is 6.54 Å². The van der Waals surface area contributed by atoms with Crippen LogP contribution in [0.4, 0.5) is 0 Å². The predicted molar refractivity (Wildman–Crippen MR) is 136 cm³/mol. The number of rotatable bonds is 15. The van der Waals surface area contributed by atoms with Gasteiger partial charge in [-0.3, -0.25) is 14.4 Å². The summed E-state index contributed by atoms with van der Waals surface area (Å²) >= 11 is 0. The summed E-state index contributed by atoms with van der Waals surface area (Å²) in [6.07, 6.45) is 1.79. The van der Waals surface area contributed by atoms with Gasteiger partial charge in [-0.15, -0.1) is 0 Å². The minimum Gasteiger partial charge on any atom is -0.480 e. The fourth-order valence-corrected chi connectivity index (χ4v) is 3.67. The lowest BCUT2D eigenvalue weighted by Gasteiger charge is -2.25. The molecule has 2 aromatic rings. The summed E-state index contributed by atoms with van der Waals surface area (Å²) in [5, 5.41) is 17.5. The Hall–Kier alpha value is -3.76. The molecule has 2 rings (SSSR count). The molecule has 0 saturated carbocycles. The molecule has 36 heavy (non-hydrogen) atoms. The van der Waals surface area contributed by atoms with Gasteiger partial charge in [-0.1, -0.05) is 60.7 Å². The lowest BCUT2D eigenvalue weighted by Crippen LogP contribution is -2.57. The van der Waals surface area contributed by atoms with Crippen LogP contribution in [0.2, 0.25) is 0 Å². The molecule has 8 N–H and O–H groups in total. The van der Waals surface area contributed by atoms with Crippen LogP contribution in [0.15, 0.2) is 60.7 Å². The van der Waals surface area contributed by atoms with Crippen molar-refractivity contribution in [2.24, 2.45) is 11.5 Å². The van der Waals surface area contributed by atoms with E-state index in [4.69, 9.17) is 11.5 Å². The van der Waals surface area contributed by atoms with E-state index in [1.54, 1.807) is 48.5 Å². The molecule has 0 heterocycles. The van der Waals surface area contributed by atoms with Crippen LogP contribution < -0.4 is 27.4 Å². The number of hydrogen-bond donors (Lipinski definition) is 6. The Morgan fingerprint density at radius 3 is 1.69 bits per heavy atom. The molecule has 3 atom stereocenters. The van der Waals surface area contributed by atoms with E-state index in [0.29, 0.717) is 25.8 Å². The first-order chi connectivity index (χ1) is 17.3. The maximum atomic E-state index is 13.2. The molecule has 0 aliphatic rings. The van der Waals surface area contributed by atoms with Gasteiger partial charge in [0, 0.05) is 12.8 Å². The van der Waals surface area contributed by atoms with Crippen LogP contribution in [0.25, 0.3) is 0 Å². The molecule has 194 valence electrons. The van der Waals surface area contributed by atoms with E-state index in [9.17, 15) is 24.3 Å². The molecule has 10 nitrogen and oxygen atoms in total. The maximum absolute atomic E-state index is 13.2. The zero-order valence-corrected chi connectivity index (χ0v) is 20.2. The number of aliphatic carboxylic acids is 1. The highest BCUT2D eigenvalue weighted by molar-refractivity contribution is 5.93. The lowest BCUT2D eigenvalue weighted by molar-refractivity contribution is -0.142. The van der Waals surface area contributed by atoms with Gasteiger partial charge >= 0.3 is 5.97 Å². The molecule has 0 saturated heterocycles. The summed E-state index contributed by atoms with van der Waals surface area (Å²) in [6, 6.07) is 14.8. The zero-order chi connectivity index (χ0) is 26.3. The van der Waals surface area contributed by atoms with Crippen molar-refractivity contribution in [3.63, 3.8) is 0 Å². The first-order valence-electron chi connectivity index (χ1n) is 11.9. The molecule has 0 spiro atoms. The molecule has 0 aliphatic carbocycles. The number of hydrogen-bond acceptors (Lipinski definition) is 6. The van der Waals surface area contributed by atoms with Crippen LogP contribution in [0.5, 0.6) is 0 Å². The van der Waals surface area contributed by atoms with Gasteiger partial charge in [0.1, 0.15) is 18.1 Å². The predicted octanol–water partition coefficient (Wildman–Crippen LogP) is 0.0985. The third-order valence-electron chi connectivity index (χ3n) is 5.60. The van der Waals surface area contributed by atoms with Crippen LogP contribution >= 0.6 is 0 Å². The summed E-state index contributed by atoms with van der Waals surface area (Å²) in [5.74, 6) is -2.88. The van der Waals surface area contributed by atoms with E-state index in [0.717, 1.165) is 11.1 Å². The van der Waals surface area contributed by atoms with Crippen molar-refractivity contribution >= 4 is 23.7 Å². The van der Waals surface area contributed by atoms with E-state index in [2.05, 4.69) is 16.0 Å². The third-order valence-corrected chi connectivity index (χ3v) is 5.60. The van der Waals surface area contributed by atoms with Crippen molar-refractivity contribution in [1.82, 2.24) is 16.0 Å². The number of carbonyl (C=O) groups is 4. The topological polar surface area (TPSA) is 177 Å². The number of nitrogens with one attached hydrogen (secondary N) is 3. The van der Waals surface area contributed by atoms with Crippen LogP contribution in [-0.2, 0) is 32.0 Å². The van der Waals surface area contributed by atoms with Crippen LogP contribution in [0, 0.1) is 0 Å². The summed E-state index contributed by atoms with van der Waals surface area (Å²) in [7, 11) is 0. The van der Waals surface area contributed by atoms with E-state index < -0.39 is 41.8 Å². The lowest BCUT2D eigenvalue weighted by atomic mass is 10.0. The number of carboxylic acids is 1. The zero-order valence-electron chi connectivity index (χ0n) is 20.2. The number of carbonyl (C=O) groups excluding carboxylic acids is 3. The highest BCUT2D eigenvalue weighted by Crippen LogP contribution is 2.08. The number of unbranched alkanes of at least 4 members (excludes halogenated alkanes) is 1. The highest BCUT2D eigenvalue weighted by atomic mass is 16.4. The Kier molecular flexibility index (Phi) is 12.1. The van der Waals surface area contributed by atoms with Gasteiger partial charge in [-0.2, -0.15) is 0 Å². The Balaban J connectivity index is 2.20. The Morgan fingerprint density at radius 1 is 0.694 bits per heavy atom. The number of benzene rings is 2. The molecule has 10 heteroatoms. The van der Waals surface area contributed by atoms with Crippen molar-refractivity contribution in [3.8, 4) is 0 Å². The SMILES string of the molecule is NCCCCC(NC(=O)CN)C(=O)NC(Cc1ccccc1)C(=O)NC(Cc1ccccc1)C(=O)O. The number of amides is 3. The minimum atomic E-state index is -1.19. The molecule has 0 radical (unpaired) electrons. The van der Waals surface area contributed by atoms with Crippen molar-refractivity contribution in [1.29, 1.82) is 0 Å². The molecule has 0 bridgehead atoms. The summed E-state index contributed by atoms with van der Waals surface area (Å²) in [4.78, 5) is 50.1. The molecule has 0 aliphatic heterocycles. The van der Waals surface area contributed by atoms with E-state index in [1.165, 1.54) is 0 Å². The average Bonchev–Trinajstić information content (AvgIpc) is 2.88. The molecule has 0 fully saturated rings. The van der Waals surface area contributed by atoms with Crippen molar-refractivity contribution in [2.45, 2.75) is 50.2 Å². The largest absolute Gasteiger partial charge is 0.480 e. The standard InChI is InChI=1S/C26H35N5O5/c27-14-8-7-13-20(29-23(32)17-28)24(33)30-21(15-18-9-3-1-4-10-18)25(34)31-22(26(35)36)16-19-11-5-2-6-12-19/h1-6,9-12,20-22H,7-8,13-17,27-28H2,(H,29,32)(H,30,33)(H,31,34)(H,35,36). The molecular formula is C26H35N5O5. The van der Waals surface area contributed by atoms with Gasteiger partial charge in [0.2, 0.25) is 17.7 Å². The van der Waals surface area contributed by atoms with Crippen molar-refractivity contribution in [2.75, 3.05) is 13.1 Å². The summed E-state index contributed by atoms with van der Waals surface area (Å²) < 4.78 is 0. The van der Waals surface area contributed by atoms with Gasteiger partial charge in [0.25, 0.3) is 0 Å². The summed E-state index contributed by atoms with van der Waals surface area (Å²) in [5.41, 5.74) is 12.5. The monoisotopic (exact) mass is 497 g/mol. The molecule has 2 aromatic carbocycles. The first kappa shape index (κ1) is 28.5. The van der Waals surface area contributed by atoms with Crippen LogP contribution in [0.1, 0.15) is 30.4 Å². The number of carboxylic acid groups (broad SMARTS) is 1. The second-order valence-corrected chi connectivity index (χ2v) is 8.45. The van der Waals surface area contributed by atoms with Gasteiger partial charge < -0.3 is 32.5 Å². The second-order valence-electron chi connectivity index (χ2n) is 8.45. The van der Waals surface area contributed by atoms with Crippen molar-refractivity contribution < 1.29 is 24.3 Å². The van der Waals surface area contributed by atoms with Gasteiger partial charge in [-0.25, -0.2) is 4.79 Å². The molecule has 0 aromatic heterocycles. The second kappa shape index (κ2) is 15.3. The Bertz CT molecular complexity index is 987. The molecule has 3 amide bonds. The van der Waals surface area contributed by atoms with E-state index in [-0.39, 0.29) is 19.4 Å². The average molecular weight is 498 g/mol. The van der Waals surface area contributed by atoms with Gasteiger partial charge in [0.15, 0.2) is 0 Å². The smallest absolute Gasteiger partial charge is 0.326 e. The third kappa shape index (κ3) is 9.85. The normalized spacial score (nSPS) is 13.2. The van der Waals surface area contributed by atoms with Crippen LogP contribution in [-0.4, -0.2) is 60.0 Å². The maximum Gasteiger partial charge on any atom is 0.326 e. The van der Waals surface area contributed by atoms with E-state index >= 15 is 0 Å². The fourth-order valence-electron chi connectivity index (χ4n) is 3.67. The van der Waals surface area contributed by atoms with E-state index in [1.807, 2.05) is 12.1 Å². The molecule has 3 unspecified atom stereocenters. The van der Waals surface area contributed by atoms with Crippen molar-refractivity contribution in [3.05, 3.63) is 71.8 Å². The van der Waals surface area contributed by atoms with Gasteiger partial charge in [-0.05, 0) is 36.9 Å². The quantitative estimate of drug-likeness (QED) is 0.189. The Morgan fingerprint density at radius 2 is 1.19 bits per heavy atom. The fraction of sp³-hybridized carbons (Fsp3) is 0.385. The highest BCUT2D eigenvalue weighted by Gasteiger charge is 2.29. The van der Waals surface area contributed by atoms with Crippen LogP contribution in [0.3, 0.4) is 0 Å². The first-order valence-corrected chi connectivity index (χ1v) is 11.9.